The lowest BCUT2D eigenvalue weighted by Crippen LogP contribution is -2.57. The van der Waals surface area contributed by atoms with Crippen LogP contribution in [0.4, 0.5) is 26.3 Å². The normalized spacial score (nSPS) is 18.5. The third-order valence-corrected chi connectivity index (χ3v) is 7.94. The van der Waals surface area contributed by atoms with E-state index in [2.05, 4.69) is 5.32 Å². The zero-order valence-corrected chi connectivity index (χ0v) is 24.5. The van der Waals surface area contributed by atoms with Crippen molar-refractivity contribution in [1.29, 1.82) is 0 Å². The lowest BCUT2D eigenvalue weighted by atomic mass is 9.84. The molecule has 1 N–H and O–H groups in total. The van der Waals surface area contributed by atoms with Crippen LogP contribution in [0.25, 0.3) is 0 Å². The fourth-order valence-corrected chi connectivity index (χ4v) is 5.34. The van der Waals surface area contributed by atoms with E-state index < -0.39 is 58.9 Å². The number of alkyl halides is 6. The van der Waals surface area contributed by atoms with Crippen molar-refractivity contribution in [1.82, 2.24) is 15.1 Å². The summed E-state index contributed by atoms with van der Waals surface area (Å²) in [6.07, 6.45) is -10.1. The highest BCUT2D eigenvalue weighted by Crippen LogP contribution is 2.38. The van der Waals surface area contributed by atoms with Gasteiger partial charge in [0.15, 0.2) is 0 Å². The highest BCUT2D eigenvalue weighted by atomic mass is 35.5. The molecule has 0 radical (unpaired) electrons. The van der Waals surface area contributed by atoms with Crippen molar-refractivity contribution < 1.29 is 40.7 Å². The molecule has 0 aromatic heterocycles. The van der Waals surface area contributed by atoms with Crippen LogP contribution in [0.5, 0.6) is 0 Å². The minimum atomic E-state index is -5.12. The SMILES string of the molecule is CC(=O)N[C@H](C(=O)N1CC[C@@H](N(C)C(=O)c2cc(C(F)(F)F)cc(C(F)(F)F)c2)[C@H](c2ccc(Cl)c(Cl)c2)C1)C(C)C. The van der Waals surface area contributed by atoms with Crippen LogP contribution >= 0.6 is 23.2 Å². The molecule has 1 aliphatic heterocycles. The maximum absolute atomic E-state index is 13.5. The molecule has 0 aliphatic carbocycles. The fourth-order valence-electron chi connectivity index (χ4n) is 5.04. The van der Waals surface area contributed by atoms with Crippen molar-refractivity contribution in [2.75, 3.05) is 20.1 Å². The number of carbonyl (C=O) groups excluding carboxylic acids is 3. The summed E-state index contributed by atoms with van der Waals surface area (Å²) in [6, 6.07) is 3.82. The van der Waals surface area contributed by atoms with Crippen LogP contribution in [-0.2, 0) is 21.9 Å². The number of nitrogens with one attached hydrogen (secondary N) is 1. The highest BCUT2D eigenvalue weighted by Gasteiger charge is 2.41. The number of hydrogen-bond acceptors (Lipinski definition) is 3. The zero-order valence-electron chi connectivity index (χ0n) is 23.0. The monoisotopic (exact) mass is 639 g/mol. The topological polar surface area (TPSA) is 69.7 Å². The molecule has 2 aromatic rings. The summed E-state index contributed by atoms with van der Waals surface area (Å²) in [5.74, 6) is -2.73. The van der Waals surface area contributed by atoms with Gasteiger partial charge in [0.05, 0.1) is 21.2 Å². The van der Waals surface area contributed by atoms with Crippen LogP contribution in [-0.4, -0.2) is 59.7 Å². The van der Waals surface area contributed by atoms with E-state index in [9.17, 15) is 40.7 Å². The van der Waals surface area contributed by atoms with Crippen LogP contribution in [0.15, 0.2) is 36.4 Å². The van der Waals surface area contributed by atoms with Crippen LogP contribution in [0, 0.1) is 5.92 Å². The number of amides is 3. The summed E-state index contributed by atoms with van der Waals surface area (Å²) >= 11 is 12.3. The molecule has 1 fully saturated rings. The summed E-state index contributed by atoms with van der Waals surface area (Å²) < 4.78 is 80.7. The third-order valence-electron chi connectivity index (χ3n) is 7.20. The molecular formula is C28H29Cl2F6N3O3. The molecular weight excluding hydrogens is 611 g/mol. The van der Waals surface area contributed by atoms with E-state index in [0.717, 1.165) is 4.90 Å². The Bertz CT molecular complexity index is 1320. The quantitative estimate of drug-likeness (QED) is 0.360. The lowest BCUT2D eigenvalue weighted by Gasteiger charge is -2.44. The van der Waals surface area contributed by atoms with Gasteiger partial charge in [0.1, 0.15) is 6.04 Å². The average molecular weight is 640 g/mol. The van der Waals surface area contributed by atoms with Gasteiger partial charge in [-0.1, -0.05) is 43.1 Å². The number of nitrogens with zero attached hydrogens (tertiary/aromatic N) is 2. The fraction of sp³-hybridized carbons (Fsp3) is 0.464. The summed E-state index contributed by atoms with van der Waals surface area (Å²) in [6.45, 7) is 4.94. The van der Waals surface area contributed by atoms with Gasteiger partial charge in [-0.2, -0.15) is 26.3 Å². The molecule has 0 bridgehead atoms. The number of piperidine rings is 1. The van der Waals surface area contributed by atoms with E-state index >= 15 is 0 Å². The molecule has 0 saturated carbocycles. The molecule has 3 rings (SSSR count). The molecule has 0 spiro atoms. The van der Waals surface area contributed by atoms with E-state index in [1.54, 1.807) is 19.9 Å². The first kappa shape index (κ1) is 33.5. The molecule has 14 heteroatoms. The van der Waals surface area contributed by atoms with E-state index in [1.807, 2.05) is 0 Å². The minimum Gasteiger partial charge on any atom is -0.344 e. The molecule has 1 saturated heterocycles. The number of carbonyl (C=O) groups is 3. The van der Waals surface area contributed by atoms with Gasteiger partial charge in [-0.3, -0.25) is 14.4 Å². The summed E-state index contributed by atoms with van der Waals surface area (Å²) in [5, 5.41) is 3.05. The summed E-state index contributed by atoms with van der Waals surface area (Å²) in [5.41, 5.74) is -3.44. The molecule has 0 unspecified atom stereocenters. The predicted molar refractivity (Wildman–Crippen MR) is 145 cm³/mol. The Morgan fingerprint density at radius 3 is 2.00 bits per heavy atom. The van der Waals surface area contributed by atoms with Gasteiger partial charge in [0.25, 0.3) is 5.91 Å². The van der Waals surface area contributed by atoms with Crippen molar-refractivity contribution in [3.05, 3.63) is 68.7 Å². The van der Waals surface area contributed by atoms with E-state index in [-0.39, 0.29) is 47.4 Å². The van der Waals surface area contributed by atoms with Gasteiger partial charge < -0.3 is 15.1 Å². The zero-order chi connectivity index (χ0) is 31.7. The molecule has 6 nitrogen and oxygen atoms in total. The second-order valence-corrected chi connectivity index (χ2v) is 11.4. The van der Waals surface area contributed by atoms with Gasteiger partial charge in [-0.15, -0.1) is 0 Å². The number of likely N-dealkylation sites (N-methyl/N-ethyl adjacent to an activating group) is 1. The van der Waals surface area contributed by atoms with Crippen LogP contribution in [0.3, 0.4) is 0 Å². The first-order valence-corrected chi connectivity index (χ1v) is 13.6. The van der Waals surface area contributed by atoms with Crippen molar-refractivity contribution >= 4 is 40.9 Å². The Morgan fingerprint density at radius 1 is 0.952 bits per heavy atom. The molecule has 3 amide bonds. The number of halogens is 8. The Morgan fingerprint density at radius 2 is 1.52 bits per heavy atom. The van der Waals surface area contributed by atoms with Crippen LogP contribution in [0.2, 0.25) is 10.0 Å². The van der Waals surface area contributed by atoms with Gasteiger partial charge in [0, 0.05) is 44.6 Å². The van der Waals surface area contributed by atoms with E-state index in [1.165, 1.54) is 31.0 Å². The Labute approximate surface area is 248 Å². The number of hydrogen-bond donors (Lipinski definition) is 1. The van der Waals surface area contributed by atoms with Crippen molar-refractivity contribution in [2.45, 2.75) is 57.5 Å². The minimum absolute atomic E-state index is 0.0261. The maximum atomic E-state index is 13.5. The van der Waals surface area contributed by atoms with Crippen molar-refractivity contribution in [2.24, 2.45) is 5.92 Å². The number of benzene rings is 2. The Hall–Kier alpha value is -2.99. The molecule has 1 heterocycles. The van der Waals surface area contributed by atoms with Crippen molar-refractivity contribution in [3.8, 4) is 0 Å². The molecule has 230 valence electrons. The largest absolute Gasteiger partial charge is 0.416 e. The first-order valence-electron chi connectivity index (χ1n) is 12.9. The second-order valence-electron chi connectivity index (χ2n) is 10.6. The smallest absolute Gasteiger partial charge is 0.344 e. The number of likely N-dealkylation sites (tertiary alicyclic amines) is 1. The molecule has 1 aliphatic rings. The van der Waals surface area contributed by atoms with Crippen LogP contribution < -0.4 is 5.32 Å². The average Bonchev–Trinajstić information content (AvgIpc) is 2.90. The second kappa shape index (κ2) is 12.7. The Balaban J connectivity index is 2.02. The molecule has 3 atom stereocenters. The standard InChI is InChI=1S/C28H29Cl2F6N3O3/c1-14(2)24(37-15(3)40)26(42)39-8-7-23(20(13-39)16-5-6-21(29)22(30)11-16)38(4)25(41)17-9-18(27(31,32)33)12-19(10-17)28(34,35)36/h5-6,9-12,14,20,23-24H,7-8,13H2,1-4H3,(H,37,40)/t20-,23+,24-/m0/s1. The molecule has 2 aromatic carbocycles. The lowest BCUT2D eigenvalue weighted by molar-refractivity contribution is -0.143. The Kier molecular flexibility index (Phi) is 10.1. The van der Waals surface area contributed by atoms with Gasteiger partial charge in [0.2, 0.25) is 11.8 Å². The molecule has 42 heavy (non-hydrogen) atoms. The van der Waals surface area contributed by atoms with Gasteiger partial charge in [-0.25, -0.2) is 0 Å². The van der Waals surface area contributed by atoms with E-state index in [4.69, 9.17) is 23.2 Å². The third kappa shape index (κ3) is 7.69. The summed E-state index contributed by atoms with van der Waals surface area (Å²) in [4.78, 5) is 41.2. The van der Waals surface area contributed by atoms with Crippen LogP contribution in [0.1, 0.15) is 60.2 Å². The predicted octanol–water partition coefficient (Wildman–Crippen LogP) is 6.65. The number of rotatable bonds is 6. The van der Waals surface area contributed by atoms with E-state index in [0.29, 0.717) is 17.7 Å². The van der Waals surface area contributed by atoms with Gasteiger partial charge >= 0.3 is 12.4 Å². The summed E-state index contributed by atoms with van der Waals surface area (Å²) in [7, 11) is 1.29. The van der Waals surface area contributed by atoms with Crippen molar-refractivity contribution in [3.63, 3.8) is 0 Å². The van der Waals surface area contributed by atoms with Gasteiger partial charge in [-0.05, 0) is 48.2 Å². The first-order chi connectivity index (χ1) is 19.3. The highest BCUT2D eigenvalue weighted by molar-refractivity contribution is 6.42. The maximum Gasteiger partial charge on any atom is 0.416 e.